The summed E-state index contributed by atoms with van der Waals surface area (Å²) in [4.78, 5) is 5.19. The minimum Gasteiger partial charge on any atom is -0.301 e. The lowest BCUT2D eigenvalue weighted by molar-refractivity contribution is 0.0982. The van der Waals surface area contributed by atoms with Gasteiger partial charge in [0.15, 0.2) is 0 Å². The third-order valence-electron chi connectivity index (χ3n) is 3.40. The largest absolute Gasteiger partial charge is 0.301 e. The van der Waals surface area contributed by atoms with Gasteiger partial charge in [-0.05, 0) is 19.8 Å². The van der Waals surface area contributed by atoms with Gasteiger partial charge in [0.2, 0.25) is 0 Å². The second kappa shape index (κ2) is 5.72. The highest BCUT2D eigenvalue weighted by molar-refractivity contribution is 4.75. The van der Waals surface area contributed by atoms with Gasteiger partial charge in [0.05, 0.1) is 0 Å². The second-order valence-electron chi connectivity index (χ2n) is 4.94. The van der Waals surface area contributed by atoms with E-state index in [4.69, 9.17) is 0 Å². The molecule has 0 bridgehead atoms. The van der Waals surface area contributed by atoms with E-state index < -0.39 is 0 Å². The van der Waals surface area contributed by atoms with Crippen molar-refractivity contribution >= 4 is 0 Å². The Morgan fingerprint density at radius 3 is 2.00 bits per heavy atom. The molecule has 1 atom stereocenters. The Bertz CT molecular complexity index is 148. The highest BCUT2D eigenvalue weighted by Crippen LogP contribution is 2.09. The monoisotopic (exact) mass is 198 g/mol. The molecule has 0 amide bonds. The molecule has 1 saturated heterocycles. The molecule has 0 spiro atoms. The molecule has 0 aromatic rings. The second-order valence-corrected chi connectivity index (χ2v) is 4.94. The lowest BCUT2D eigenvalue weighted by Gasteiger charge is -2.37. The maximum Gasteiger partial charge on any atom is 0.0113 e. The fraction of sp³-hybridized carbons (Fsp3) is 1.00. The summed E-state index contributed by atoms with van der Waals surface area (Å²) in [5.74, 6) is 0.862. The summed E-state index contributed by atoms with van der Waals surface area (Å²) in [5, 5.41) is 0. The maximum absolute atomic E-state index is 2.62. The molecule has 1 rings (SSSR count). The molecule has 1 heterocycles. The molecule has 0 unspecified atom stereocenters. The normalized spacial score (nSPS) is 22.9. The van der Waals surface area contributed by atoms with Crippen molar-refractivity contribution in [2.24, 2.45) is 5.92 Å². The first-order valence-electron chi connectivity index (χ1n) is 6.09. The smallest absolute Gasteiger partial charge is 0.0113 e. The van der Waals surface area contributed by atoms with E-state index in [1.807, 2.05) is 0 Å². The molecule has 0 saturated carbocycles. The molecule has 84 valence electrons. The SMILES string of the molecule is CC[C@@H](C)CN1CCN(C(C)C)CC1. The molecule has 0 aromatic heterocycles. The van der Waals surface area contributed by atoms with Gasteiger partial charge in [-0.3, -0.25) is 4.90 Å². The van der Waals surface area contributed by atoms with Crippen molar-refractivity contribution < 1.29 is 0 Å². The number of piperazine rings is 1. The van der Waals surface area contributed by atoms with Gasteiger partial charge in [-0.25, -0.2) is 0 Å². The van der Waals surface area contributed by atoms with Gasteiger partial charge in [0, 0.05) is 38.8 Å². The molecule has 0 aliphatic carbocycles. The zero-order valence-electron chi connectivity index (χ0n) is 10.3. The van der Waals surface area contributed by atoms with E-state index in [0.717, 1.165) is 12.0 Å². The molecule has 0 radical (unpaired) electrons. The predicted octanol–water partition coefficient (Wildman–Crippen LogP) is 2.06. The number of rotatable bonds is 4. The van der Waals surface area contributed by atoms with Crippen LogP contribution in [0.15, 0.2) is 0 Å². The lowest BCUT2D eigenvalue weighted by atomic mass is 10.1. The fourth-order valence-electron chi connectivity index (χ4n) is 2.03. The third-order valence-corrected chi connectivity index (χ3v) is 3.40. The van der Waals surface area contributed by atoms with Crippen molar-refractivity contribution in [1.29, 1.82) is 0 Å². The summed E-state index contributed by atoms with van der Waals surface area (Å²) in [6.07, 6.45) is 1.31. The van der Waals surface area contributed by atoms with E-state index in [-0.39, 0.29) is 0 Å². The van der Waals surface area contributed by atoms with Gasteiger partial charge < -0.3 is 4.90 Å². The highest BCUT2D eigenvalue weighted by atomic mass is 15.3. The average Bonchev–Trinajstić information content (AvgIpc) is 2.18. The highest BCUT2D eigenvalue weighted by Gasteiger charge is 2.19. The Morgan fingerprint density at radius 1 is 1.00 bits per heavy atom. The van der Waals surface area contributed by atoms with E-state index in [0.29, 0.717) is 0 Å². The van der Waals surface area contributed by atoms with E-state index in [2.05, 4.69) is 37.5 Å². The van der Waals surface area contributed by atoms with Crippen LogP contribution in [0.25, 0.3) is 0 Å². The topological polar surface area (TPSA) is 6.48 Å². The molecular weight excluding hydrogens is 172 g/mol. The molecule has 1 aliphatic rings. The summed E-state index contributed by atoms with van der Waals surface area (Å²) >= 11 is 0. The van der Waals surface area contributed by atoms with Crippen LogP contribution in [-0.2, 0) is 0 Å². The van der Waals surface area contributed by atoms with E-state index in [1.54, 1.807) is 0 Å². The van der Waals surface area contributed by atoms with E-state index >= 15 is 0 Å². The lowest BCUT2D eigenvalue weighted by Crippen LogP contribution is -2.49. The fourth-order valence-corrected chi connectivity index (χ4v) is 2.03. The first-order chi connectivity index (χ1) is 6.63. The summed E-state index contributed by atoms with van der Waals surface area (Å²) in [6.45, 7) is 15.6. The molecule has 1 fully saturated rings. The number of hydrogen-bond acceptors (Lipinski definition) is 2. The first-order valence-corrected chi connectivity index (χ1v) is 6.09. The van der Waals surface area contributed by atoms with Crippen LogP contribution in [0.5, 0.6) is 0 Å². The van der Waals surface area contributed by atoms with Crippen molar-refractivity contribution in [1.82, 2.24) is 9.80 Å². The molecule has 0 aromatic carbocycles. The quantitative estimate of drug-likeness (QED) is 0.682. The molecule has 14 heavy (non-hydrogen) atoms. The zero-order chi connectivity index (χ0) is 10.6. The Morgan fingerprint density at radius 2 is 1.57 bits per heavy atom. The van der Waals surface area contributed by atoms with Gasteiger partial charge in [0.1, 0.15) is 0 Å². The van der Waals surface area contributed by atoms with Gasteiger partial charge in [-0.15, -0.1) is 0 Å². The van der Waals surface area contributed by atoms with Crippen molar-refractivity contribution in [3.63, 3.8) is 0 Å². The van der Waals surface area contributed by atoms with Crippen LogP contribution < -0.4 is 0 Å². The zero-order valence-corrected chi connectivity index (χ0v) is 10.3. The number of hydrogen-bond donors (Lipinski definition) is 0. The van der Waals surface area contributed by atoms with Crippen LogP contribution in [-0.4, -0.2) is 48.6 Å². The van der Waals surface area contributed by atoms with Crippen molar-refractivity contribution in [3.8, 4) is 0 Å². The van der Waals surface area contributed by atoms with Crippen LogP contribution in [0.1, 0.15) is 34.1 Å². The van der Waals surface area contributed by atoms with Gasteiger partial charge in [-0.2, -0.15) is 0 Å². The third kappa shape index (κ3) is 3.58. The summed E-state index contributed by atoms with van der Waals surface area (Å²) in [5.41, 5.74) is 0. The summed E-state index contributed by atoms with van der Waals surface area (Å²) < 4.78 is 0. The Hall–Kier alpha value is -0.0800. The number of nitrogens with zero attached hydrogens (tertiary/aromatic N) is 2. The Kier molecular flexibility index (Phi) is 4.90. The van der Waals surface area contributed by atoms with Crippen LogP contribution in [0.4, 0.5) is 0 Å². The maximum atomic E-state index is 2.62. The van der Waals surface area contributed by atoms with Crippen molar-refractivity contribution in [2.75, 3.05) is 32.7 Å². The molecule has 1 aliphatic heterocycles. The molecular formula is C12H26N2. The standard InChI is InChI=1S/C12H26N2/c1-5-12(4)10-13-6-8-14(9-7-13)11(2)3/h11-12H,5-10H2,1-4H3/t12-/m1/s1. The van der Waals surface area contributed by atoms with E-state index in [1.165, 1.54) is 39.1 Å². The van der Waals surface area contributed by atoms with Gasteiger partial charge >= 0.3 is 0 Å². The van der Waals surface area contributed by atoms with E-state index in [9.17, 15) is 0 Å². The van der Waals surface area contributed by atoms with Crippen LogP contribution in [0.2, 0.25) is 0 Å². The van der Waals surface area contributed by atoms with Crippen LogP contribution >= 0.6 is 0 Å². The molecule has 0 N–H and O–H groups in total. The first kappa shape index (κ1) is 12.0. The van der Waals surface area contributed by atoms with Crippen molar-refractivity contribution in [3.05, 3.63) is 0 Å². The van der Waals surface area contributed by atoms with Crippen LogP contribution in [0.3, 0.4) is 0 Å². The summed E-state index contributed by atoms with van der Waals surface area (Å²) in [7, 11) is 0. The molecule has 2 nitrogen and oxygen atoms in total. The Labute approximate surface area is 89.3 Å². The van der Waals surface area contributed by atoms with Gasteiger partial charge in [0.25, 0.3) is 0 Å². The van der Waals surface area contributed by atoms with Crippen LogP contribution in [0, 0.1) is 5.92 Å². The minimum atomic E-state index is 0.723. The Balaban J connectivity index is 2.22. The van der Waals surface area contributed by atoms with Crippen molar-refractivity contribution in [2.45, 2.75) is 40.2 Å². The van der Waals surface area contributed by atoms with Gasteiger partial charge in [-0.1, -0.05) is 20.3 Å². The predicted molar refractivity (Wildman–Crippen MR) is 62.6 cm³/mol. The molecule has 2 heteroatoms. The minimum absolute atomic E-state index is 0.723. The average molecular weight is 198 g/mol. The summed E-state index contributed by atoms with van der Waals surface area (Å²) in [6, 6.07) is 0.723.